The van der Waals surface area contributed by atoms with E-state index in [4.69, 9.17) is 22.7 Å². The number of nitrogens with one attached hydrogen (secondary N) is 1. The minimum Gasteiger partial charge on any atom is -0.392 e. The molecule has 0 aliphatic heterocycles. The summed E-state index contributed by atoms with van der Waals surface area (Å²) < 4.78 is 5.48. The predicted molar refractivity (Wildman–Crippen MR) is 76.4 cm³/mol. The summed E-state index contributed by atoms with van der Waals surface area (Å²) in [5, 5.41) is 2.92. The normalized spacial score (nSPS) is 24.1. The standard InChI is InChI=1S/C13H24N2O2S/c1-3-5-11(13(14)18)15-12(16)8-9-6-10(7-9)17-4-2/h9-11H,3-8H2,1-2H3,(H2,14,18)(H,15,16). The van der Waals surface area contributed by atoms with Crippen molar-refractivity contribution in [2.24, 2.45) is 11.7 Å². The summed E-state index contributed by atoms with van der Waals surface area (Å²) in [6, 6.07) is -0.153. The maximum atomic E-state index is 11.8. The molecule has 1 atom stereocenters. The van der Waals surface area contributed by atoms with E-state index in [-0.39, 0.29) is 11.9 Å². The Hall–Kier alpha value is -0.680. The molecule has 1 amide bonds. The maximum absolute atomic E-state index is 11.8. The van der Waals surface area contributed by atoms with Gasteiger partial charge in [-0.2, -0.15) is 0 Å². The van der Waals surface area contributed by atoms with Crippen molar-refractivity contribution < 1.29 is 9.53 Å². The second kappa shape index (κ2) is 7.69. The minimum atomic E-state index is -0.153. The molecule has 104 valence electrons. The average Bonchev–Trinajstić information content (AvgIpc) is 2.25. The van der Waals surface area contributed by atoms with Crippen LogP contribution in [0.25, 0.3) is 0 Å². The van der Waals surface area contributed by atoms with E-state index in [9.17, 15) is 4.79 Å². The molecular weight excluding hydrogens is 248 g/mol. The number of hydrogen-bond acceptors (Lipinski definition) is 3. The van der Waals surface area contributed by atoms with E-state index < -0.39 is 0 Å². The topological polar surface area (TPSA) is 64.3 Å². The van der Waals surface area contributed by atoms with E-state index >= 15 is 0 Å². The van der Waals surface area contributed by atoms with Gasteiger partial charge in [0.15, 0.2) is 0 Å². The molecule has 4 nitrogen and oxygen atoms in total. The Morgan fingerprint density at radius 2 is 2.17 bits per heavy atom. The van der Waals surface area contributed by atoms with Crippen molar-refractivity contribution >= 4 is 23.1 Å². The van der Waals surface area contributed by atoms with Crippen LogP contribution < -0.4 is 11.1 Å². The lowest BCUT2D eigenvalue weighted by Crippen LogP contribution is -2.45. The molecule has 0 aromatic heterocycles. The van der Waals surface area contributed by atoms with Crippen molar-refractivity contribution in [3.05, 3.63) is 0 Å². The fourth-order valence-corrected chi connectivity index (χ4v) is 2.48. The van der Waals surface area contributed by atoms with Crippen LogP contribution in [0, 0.1) is 5.92 Å². The van der Waals surface area contributed by atoms with Crippen molar-refractivity contribution in [1.82, 2.24) is 5.32 Å². The van der Waals surface area contributed by atoms with Gasteiger partial charge in [0.05, 0.1) is 17.1 Å². The SMILES string of the molecule is CCCC(NC(=O)CC1CC(OCC)C1)C(N)=S. The van der Waals surface area contributed by atoms with Gasteiger partial charge in [0.1, 0.15) is 0 Å². The molecule has 0 saturated heterocycles. The third-order valence-corrected chi connectivity index (χ3v) is 3.61. The summed E-state index contributed by atoms with van der Waals surface area (Å²) in [6.07, 6.45) is 4.67. The molecule has 1 fully saturated rings. The Balaban J connectivity index is 2.23. The van der Waals surface area contributed by atoms with E-state index in [1.54, 1.807) is 0 Å². The smallest absolute Gasteiger partial charge is 0.220 e. The van der Waals surface area contributed by atoms with E-state index in [2.05, 4.69) is 12.2 Å². The third-order valence-electron chi connectivity index (χ3n) is 3.32. The lowest BCUT2D eigenvalue weighted by molar-refractivity contribution is -0.124. The van der Waals surface area contributed by atoms with Crippen molar-refractivity contribution in [2.45, 2.75) is 58.1 Å². The van der Waals surface area contributed by atoms with Crippen LogP contribution in [-0.2, 0) is 9.53 Å². The van der Waals surface area contributed by atoms with Crippen LogP contribution in [0.4, 0.5) is 0 Å². The van der Waals surface area contributed by atoms with Gasteiger partial charge in [-0.15, -0.1) is 0 Å². The molecular formula is C13H24N2O2S. The highest BCUT2D eigenvalue weighted by atomic mass is 32.1. The third kappa shape index (κ3) is 4.90. The zero-order valence-corrected chi connectivity index (χ0v) is 12.1. The van der Waals surface area contributed by atoms with Crippen molar-refractivity contribution in [3.8, 4) is 0 Å². The Kier molecular flexibility index (Phi) is 6.57. The summed E-state index contributed by atoms with van der Waals surface area (Å²) in [4.78, 5) is 12.2. The Bertz CT molecular complexity index is 291. The molecule has 1 rings (SSSR count). The predicted octanol–water partition coefficient (Wildman–Crippen LogP) is 1.76. The molecule has 0 aromatic rings. The monoisotopic (exact) mass is 272 g/mol. The Morgan fingerprint density at radius 3 is 2.67 bits per heavy atom. The van der Waals surface area contributed by atoms with Gasteiger partial charge in [-0.1, -0.05) is 25.6 Å². The van der Waals surface area contributed by atoms with Gasteiger partial charge in [-0.3, -0.25) is 4.79 Å². The second-order valence-electron chi connectivity index (χ2n) is 4.93. The maximum Gasteiger partial charge on any atom is 0.220 e. The molecule has 3 N–H and O–H groups in total. The first-order valence-corrected chi connectivity index (χ1v) is 7.17. The molecule has 1 aliphatic carbocycles. The van der Waals surface area contributed by atoms with Gasteiger partial charge in [-0.25, -0.2) is 0 Å². The molecule has 5 heteroatoms. The van der Waals surface area contributed by atoms with Gasteiger partial charge in [-0.05, 0) is 32.1 Å². The summed E-state index contributed by atoms with van der Waals surface area (Å²) in [6.45, 7) is 4.80. The highest BCUT2D eigenvalue weighted by Crippen LogP contribution is 2.32. The van der Waals surface area contributed by atoms with Gasteiger partial charge < -0.3 is 15.8 Å². The van der Waals surface area contributed by atoms with Crippen molar-refractivity contribution in [1.29, 1.82) is 0 Å². The fraction of sp³-hybridized carbons (Fsp3) is 0.846. The number of hydrogen-bond donors (Lipinski definition) is 2. The first kappa shape index (κ1) is 15.4. The molecule has 0 bridgehead atoms. The summed E-state index contributed by atoms with van der Waals surface area (Å²) >= 11 is 4.95. The van der Waals surface area contributed by atoms with E-state index in [1.807, 2.05) is 6.92 Å². The summed E-state index contributed by atoms with van der Waals surface area (Å²) in [7, 11) is 0. The quantitative estimate of drug-likeness (QED) is 0.661. The molecule has 1 saturated carbocycles. The van der Waals surface area contributed by atoms with Gasteiger partial charge >= 0.3 is 0 Å². The van der Waals surface area contributed by atoms with E-state index in [0.29, 0.717) is 23.4 Å². The van der Waals surface area contributed by atoms with Crippen LogP contribution in [0.5, 0.6) is 0 Å². The highest BCUT2D eigenvalue weighted by molar-refractivity contribution is 7.80. The molecule has 0 heterocycles. The number of carbonyl (C=O) groups is 1. The van der Waals surface area contributed by atoms with E-state index in [0.717, 1.165) is 32.3 Å². The van der Waals surface area contributed by atoms with Gasteiger partial charge in [0.25, 0.3) is 0 Å². The Labute approximate surface area is 115 Å². The molecule has 0 aromatic carbocycles. The van der Waals surface area contributed by atoms with Crippen LogP contribution in [0.1, 0.15) is 46.0 Å². The second-order valence-corrected chi connectivity index (χ2v) is 5.40. The van der Waals surface area contributed by atoms with Crippen LogP contribution in [0.3, 0.4) is 0 Å². The number of amides is 1. The first-order valence-electron chi connectivity index (χ1n) is 6.77. The van der Waals surface area contributed by atoms with Gasteiger partial charge in [0, 0.05) is 13.0 Å². The van der Waals surface area contributed by atoms with Crippen LogP contribution in [0.2, 0.25) is 0 Å². The molecule has 1 aliphatic rings. The fourth-order valence-electron chi connectivity index (χ4n) is 2.30. The number of nitrogens with two attached hydrogens (primary N) is 1. The molecule has 0 radical (unpaired) electrons. The van der Waals surface area contributed by atoms with Crippen LogP contribution in [0.15, 0.2) is 0 Å². The zero-order valence-electron chi connectivity index (χ0n) is 11.3. The number of ether oxygens (including phenoxy) is 1. The Morgan fingerprint density at radius 1 is 1.50 bits per heavy atom. The molecule has 18 heavy (non-hydrogen) atoms. The van der Waals surface area contributed by atoms with Crippen LogP contribution >= 0.6 is 12.2 Å². The number of rotatable bonds is 8. The summed E-state index contributed by atoms with van der Waals surface area (Å²) in [5.41, 5.74) is 5.61. The van der Waals surface area contributed by atoms with E-state index in [1.165, 1.54) is 0 Å². The number of carbonyl (C=O) groups excluding carboxylic acids is 1. The largest absolute Gasteiger partial charge is 0.392 e. The van der Waals surface area contributed by atoms with Crippen molar-refractivity contribution in [2.75, 3.05) is 6.61 Å². The lowest BCUT2D eigenvalue weighted by atomic mass is 9.80. The van der Waals surface area contributed by atoms with Gasteiger partial charge in [0.2, 0.25) is 5.91 Å². The zero-order chi connectivity index (χ0) is 13.5. The summed E-state index contributed by atoms with van der Waals surface area (Å²) in [5.74, 6) is 0.511. The molecule has 0 spiro atoms. The van der Waals surface area contributed by atoms with Crippen LogP contribution in [-0.4, -0.2) is 29.6 Å². The molecule has 1 unspecified atom stereocenters. The average molecular weight is 272 g/mol. The highest BCUT2D eigenvalue weighted by Gasteiger charge is 2.31. The lowest BCUT2D eigenvalue weighted by Gasteiger charge is -2.34. The number of thiocarbonyl (C=S) groups is 1. The minimum absolute atomic E-state index is 0.0567. The van der Waals surface area contributed by atoms with Crippen molar-refractivity contribution in [3.63, 3.8) is 0 Å². The first-order chi connectivity index (χ1) is 8.56.